The molecule has 0 spiro atoms. The second-order valence-electron chi connectivity index (χ2n) is 4.66. The van der Waals surface area contributed by atoms with Gasteiger partial charge in [-0.15, -0.1) is 0 Å². The van der Waals surface area contributed by atoms with Crippen LogP contribution in [0, 0.1) is 0 Å². The van der Waals surface area contributed by atoms with Crippen molar-refractivity contribution < 1.29 is 18.3 Å². The van der Waals surface area contributed by atoms with E-state index in [1.54, 1.807) is 0 Å². The molecule has 1 saturated heterocycles. The van der Waals surface area contributed by atoms with Crippen LogP contribution in [0.1, 0.15) is 25.7 Å². The van der Waals surface area contributed by atoms with Crippen molar-refractivity contribution >= 4 is 16.0 Å². The van der Waals surface area contributed by atoms with Crippen LogP contribution in [0.3, 0.4) is 0 Å². The van der Waals surface area contributed by atoms with Crippen molar-refractivity contribution in [2.24, 2.45) is 0 Å². The van der Waals surface area contributed by atoms with E-state index < -0.39 is 20.7 Å². The molecule has 1 saturated carbocycles. The smallest absolute Gasteiger partial charge is 0.326 e. The quantitative estimate of drug-likeness (QED) is 0.724. The van der Waals surface area contributed by atoms with Gasteiger partial charge in [-0.05, 0) is 12.8 Å². The minimum Gasteiger partial charge on any atom is -0.480 e. The average molecular weight is 262 g/mol. The summed E-state index contributed by atoms with van der Waals surface area (Å²) >= 11 is 0. The van der Waals surface area contributed by atoms with Gasteiger partial charge in [0.2, 0.25) is 10.0 Å². The van der Waals surface area contributed by atoms with Crippen molar-refractivity contribution in [3.63, 3.8) is 0 Å². The molecule has 17 heavy (non-hydrogen) atoms. The molecule has 0 aromatic heterocycles. The maximum Gasteiger partial charge on any atom is 0.326 e. The summed E-state index contributed by atoms with van der Waals surface area (Å²) in [5.74, 6) is -1.19. The molecule has 2 N–H and O–H groups in total. The van der Waals surface area contributed by atoms with Gasteiger partial charge in [-0.25, -0.2) is 8.42 Å². The van der Waals surface area contributed by atoms with Gasteiger partial charge in [-0.3, -0.25) is 4.79 Å². The summed E-state index contributed by atoms with van der Waals surface area (Å²) in [6.45, 7) is 1.93. The highest BCUT2D eigenvalue weighted by atomic mass is 32.2. The van der Waals surface area contributed by atoms with Crippen molar-refractivity contribution in [3.8, 4) is 0 Å². The van der Waals surface area contributed by atoms with E-state index in [1.807, 2.05) is 0 Å². The molecule has 6 nitrogen and oxygen atoms in total. The maximum absolute atomic E-state index is 12.5. The topological polar surface area (TPSA) is 86.7 Å². The van der Waals surface area contributed by atoms with E-state index in [2.05, 4.69) is 5.32 Å². The normalized spacial score (nSPS) is 25.9. The molecule has 0 bridgehead atoms. The largest absolute Gasteiger partial charge is 0.480 e. The Hall–Kier alpha value is -0.660. The standard InChI is InChI=1S/C10H18N2O4S/c13-9(14)10(3-1-2-4-10)17(15,16)12-7-5-11-6-8-12/h11H,1-8H2,(H,13,14). The fourth-order valence-electron chi connectivity index (χ4n) is 2.66. The van der Waals surface area contributed by atoms with Gasteiger partial charge >= 0.3 is 5.97 Å². The van der Waals surface area contributed by atoms with Crippen molar-refractivity contribution in [1.82, 2.24) is 9.62 Å². The fraction of sp³-hybridized carbons (Fsp3) is 0.900. The first-order chi connectivity index (χ1) is 8.01. The third-order valence-corrected chi connectivity index (χ3v) is 6.33. The predicted octanol–water partition coefficient (Wildman–Crippen LogP) is -0.381. The van der Waals surface area contributed by atoms with E-state index in [0.717, 1.165) is 0 Å². The van der Waals surface area contributed by atoms with E-state index in [9.17, 15) is 18.3 Å². The molecule has 0 atom stereocenters. The zero-order chi connectivity index (χ0) is 12.5. The van der Waals surface area contributed by atoms with Crippen LogP contribution in [0.4, 0.5) is 0 Å². The lowest BCUT2D eigenvalue weighted by Gasteiger charge is -2.34. The Bertz CT molecular complexity index is 395. The summed E-state index contributed by atoms with van der Waals surface area (Å²) in [5, 5.41) is 12.4. The van der Waals surface area contributed by atoms with Crippen LogP contribution in [0.5, 0.6) is 0 Å². The van der Waals surface area contributed by atoms with Gasteiger partial charge in [0.15, 0.2) is 4.75 Å². The third-order valence-electron chi connectivity index (χ3n) is 3.71. The molecule has 0 radical (unpaired) electrons. The lowest BCUT2D eigenvalue weighted by molar-refractivity contribution is -0.140. The monoisotopic (exact) mass is 262 g/mol. The van der Waals surface area contributed by atoms with Crippen LogP contribution >= 0.6 is 0 Å². The number of sulfonamides is 1. The van der Waals surface area contributed by atoms with Gasteiger partial charge in [0.05, 0.1) is 0 Å². The molecular formula is C10H18N2O4S. The molecular weight excluding hydrogens is 244 g/mol. The number of carboxylic acid groups (broad SMARTS) is 1. The first-order valence-electron chi connectivity index (χ1n) is 5.94. The van der Waals surface area contributed by atoms with Gasteiger partial charge in [0, 0.05) is 26.2 Å². The summed E-state index contributed by atoms with van der Waals surface area (Å²) in [5.41, 5.74) is 0. The van der Waals surface area contributed by atoms with E-state index in [1.165, 1.54) is 4.31 Å². The molecule has 1 aliphatic heterocycles. The molecule has 1 heterocycles. The lowest BCUT2D eigenvalue weighted by atomic mass is 10.1. The molecule has 0 unspecified atom stereocenters. The number of nitrogens with zero attached hydrogens (tertiary/aromatic N) is 1. The second kappa shape index (κ2) is 4.55. The summed E-state index contributed by atoms with van der Waals surface area (Å²) in [4.78, 5) is 11.4. The zero-order valence-electron chi connectivity index (χ0n) is 9.68. The Morgan fingerprint density at radius 1 is 1.18 bits per heavy atom. The van der Waals surface area contributed by atoms with Crippen LogP contribution in [0.15, 0.2) is 0 Å². The summed E-state index contributed by atoms with van der Waals surface area (Å²) in [7, 11) is -3.73. The number of hydrogen-bond donors (Lipinski definition) is 2. The molecule has 1 aliphatic carbocycles. The van der Waals surface area contributed by atoms with Crippen LogP contribution in [-0.4, -0.2) is 54.7 Å². The van der Waals surface area contributed by atoms with Gasteiger partial charge in [-0.1, -0.05) is 12.8 Å². The maximum atomic E-state index is 12.5. The number of piperazine rings is 1. The van der Waals surface area contributed by atoms with Gasteiger partial charge in [0.25, 0.3) is 0 Å². The van der Waals surface area contributed by atoms with E-state index in [4.69, 9.17) is 0 Å². The first-order valence-corrected chi connectivity index (χ1v) is 7.38. The number of nitrogens with one attached hydrogen (secondary N) is 1. The highest BCUT2D eigenvalue weighted by Crippen LogP contribution is 2.39. The molecule has 7 heteroatoms. The van der Waals surface area contributed by atoms with Crippen LogP contribution in [0.2, 0.25) is 0 Å². The minimum atomic E-state index is -3.73. The zero-order valence-corrected chi connectivity index (χ0v) is 10.5. The molecule has 0 aromatic rings. The minimum absolute atomic E-state index is 0.245. The SMILES string of the molecule is O=C(O)C1(S(=O)(=O)N2CCNCC2)CCCC1. The third kappa shape index (κ3) is 1.96. The van der Waals surface area contributed by atoms with Crippen LogP contribution < -0.4 is 5.32 Å². The summed E-state index contributed by atoms with van der Waals surface area (Å²) < 4.78 is 24.7. The summed E-state index contributed by atoms with van der Waals surface area (Å²) in [6.07, 6.45) is 1.85. The van der Waals surface area contributed by atoms with Gasteiger partial charge in [0.1, 0.15) is 0 Å². The van der Waals surface area contributed by atoms with Gasteiger partial charge in [-0.2, -0.15) is 4.31 Å². The highest BCUT2D eigenvalue weighted by Gasteiger charge is 2.55. The Balaban J connectivity index is 2.31. The first kappa shape index (κ1) is 12.8. The van der Waals surface area contributed by atoms with E-state index in [0.29, 0.717) is 39.0 Å². The van der Waals surface area contributed by atoms with Crippen LogP contribution in [-0.2, 0) is 14.8 Å². The van der Waals surface area contributed by atoms with Crippen molar-refractivity contribution in [2.75, 3.05) is 26.2 Å². The molecule has 2 rings (SSSR count). The van der Waals surface area contributed by atoms with Crippen molar-refractivity contribution in [1.29, 1.82) is 0 Å². The summed E-state index contributed by atoms with van der Waals surface area (Å²) in [6, 6.07) is 0. The van der Waals surface area contributed by atoms with E-state index >= 15 is 0 Å². The lowest BCUT2D eigenvalue weighted by Crippen LogP contribution is -2.56. The number of hydrogen-bond acceptors (Lipinski definition) is 4. The fourth-order valence-corrected chi connectivity index (χ4v) is 4.84. The van der Waals surface area contributed by atoms with E-state index in [-0.39, 0.29) is 12.8 Å². The van der Waals surface area contributed by atoms with Crippen LogP contribution in [0.25, 0.3) is 0 Å². The number of carbonyl (C=O) groups is 1. The second-order valence-corrected chi connectivity index (χ2v) is 6.91. The number of rotatable bonds is 3. The number of aliphatic carboxylic acids is 1. The molecule has 0 aromatic carbocycles. The Labute approximate surface area is 101 Å². The molecule has 2 aliphatic rings. The van der Waals surface area contributed by atoms with Crippen molar-refractivity contribution in [3.05, 3.63) is 0 Å². The highest BCUT2D eigenvalue weighted by molar-refractivity contribution is 7.91. The Kier molecular flexibility index (Phi) is 3.42. The Morgan fingerprint density at radius 2 is 1.71 bits per heavy atom. The molecule has 98 valence electrons. The average Bonchev–Trinajstić information content (AvgIpc) is 2.81. The Morgan fingerprint density at radius 3 is 2.18 bits per heavy atom. The predicted molar refractivity (Wildman–Crippen MR) is 62.2 cm³/mol. The molecule has 2 fully saturated rings. The van der Waals surface area contributed by atoms with Gasteiger partial charge < -0.3 is 10.4 Å². The van der Waals surface area contributed by atoms with Crippen molar-refractivity contribution in [2.45, 2.75) is 30.4 Å². The number of carboxylic acids is 1. The molecule has 0 amide bonds.